The Labute approximate surface area is 109 Å². The molecule has 2 bridgehead atoms. The van der Waals surface area contributed by atoms with Crippen molar-refractivity contribution in [3.05, 3.63) is 59.7 Å². The summed E-state index contributed by atoms with van der Waals surface area (Å²) in [5, 5.41) is 0. The first-order valence-electron chi connectivity index (χ1n) is 5.86. The predicted molar refractivity (Wildman–Crippen MR) is 70.3 cm³/mol. The summed E-state index contributed by atoms with van der Waals surface area (Å²) in [6.45, 7) is 0. The highest BCUT2D eigenvalue weighted by molar-refractivity contribution is 6.21. The fourth-order valence-corrected chi connectivity index (χ4v) is 2.02. The van der Waals surface area contributed by atoms with Crippen LogP contribution in [0.2, 0.25) is 0 Å². The highest BCUT2D eigenvalue weighted by Crippen LogP contribution is 2.20. The first-order chi connectivity index (χ1) is 9.16. The van der Waals surface area contributed by atoms with Crippen LogP contribution in [0.3, 0.4) is 0 Å². The summed E-state index contributed by atoms with van der Waals surface area (Å²) < 4.78 is 5.08. The van der Waals surface area contributed by atoms with Gasteiger partial charge in [-0.1, -0.05) is 12.1 Å². The summed E-state index contributed by atoms with van der Waals surface area (Å²) in [6, 6.07) is 14.7. The van der Waals surface area contributed by atoms with Gasteiger partial charge in [-0.15, -0.1) is 0 Å². The van der Waals surface area contributed by atoms with E-state index in [-0.39, 0.29) is 11.8 Å². The van der Waals surface area contributed by atoms with Crippen LogP contribution in [-0.2, 0) is 0 Å². The van der Waals surface area contributed by atoms with Crippen molar-refractivity contribution in [3.8, 4) is 0 Å². The van der Waals surface area contributed by atoms with E-state index in [2.05, 4.69) is 0 Å². The molecule has 0 spiro atoms. The Morgan fingerprint density at radius 3 is 1.53 bits per heavy atom. The number of nitrogens with zero attached hydrogens (tertiary/aromatic N) is 1. The van der Waals surface area contributed by atoms with E-state index in [0.29, 0.717) is 11.1 Å². The third-order valence-corrected chi connectivity index (χ3v) is 3.06. The Kier molecular flexibility index (Phi) is 2.56. The maximum atomic E-state index is 11.3. The number of carbonyl (C=O) groups excluding carboxylic acids is 2. The van der Waals surface area contributed by atoms with Crippen molar-refractivity contribution in [2.75, 3.05) is 7.05 Å². The average molecular weight is 253 g/mol. The van der Waals surface area contributed by atoms with E-state index >= 15 is 0 Å². The monoisotopic (exact) mass is 253 g/mol. The van der Waals surface area contributed by atoms with Gasteiger partial charge in [0, 0.05) is 7.05 Å². The van der Waals surface area contributed by atoms with Gasteiger partial charge < -0.3 is 4.42 Å². The summed E-state index contributed by atoms with van der Waals surface area (Å²) in [5.41, 5.74) is 2.94. The fraction of sp³-hybridized carbons (Fsp3) is 0.0667. The molecule has 0 aliphatic carbocycles. The fourth-order valence-electron chi connectivity index (χ4n) is 2.02. The van der Waals surface area contributed by atoms with Crippen molar-refractivity contribution >= 4 is 23.0 Å². The van der Waals surface area contributed by atoms with Gasteiger partial charge >= 0.3 is 0 Å². The number of carbonyl (C=O) groups is 2. The number of imide groups is 1. The van der Waals surface area contributed by atoms with Gasteiger partial charge in [-0.3, -0.25) is 14.5 Å². The molecule has 3 heterocycles. The predicted octanol–water partition coefficient (Wildman–Crippen LogP) is 2.78. The lowest BCUT2D eigenvalue weighted by Crippen LogP contribution is -2.24. The van der Waals surface area contributed by atoms with Crippen molar-refractivity contribution in [2.45, 2.75) is 0 Å². The van der Waals surface area contributed by atoms with E-state index in [1.807, 2.05) is 24.3 Å². The second-order valence-corrected chi connectivity index (χ2v) is 4.29. The molecule has 0 unspecified atom stereocenters. The molecule has 4 heteroatoms. The molecule has 4 rings (SSSR count). The molecule has 19 heavy (non-hydrogen) atoms. The van der Waals surface area contributed by atoms with E-state index in [0.717, 1.165) is 16.1 Å². The van der Waals surface area contributed by atoms with Crippen molar-refractivity contribution in [2.24, 2.45) is 0 Å². The van der Waals surface area contributed by atoms with Crippen molar-refractivity contribution in [1.29, 1.82) is 0 Å². The van der Waals surface area contributed by atoms with Crippen molar-refractivity contribution < 1.29 is 14.0 Å². The van der Waals surface area contributed by atoms with E-state index in [1.165, 1.54) is 7.05 Å². The molecule has 94 valence electrons. The number of furan rings is 2. The maximum absolute atomic E-state index is 11.3. The normalized spacial score (nSPS) is 13.6. The molecule has 0 radical (unpaired) electrons. The molecule has 0 saturated carbocycles. The quantitative estimate of drug-likeness (QED) is 0.579. The highest BCUT2D eigenvalue weighted by Gasteiger charge is 2.31. The topological polar surface area (TPSA) is 50.5 Å². The van der Waals surface area contributed by atoms with Crippen LogP contribution in [0.1, 0.15) is 20.7 Å². The van der Waals surface area contributed by atoms with E-state index in [9.17, 15) is 9.59 Å². The van der Waals surface area contributed by atoms with E-state index < -0.39 is 0 Å². The average Bonchev–Trinajstić information content (AvgIpc) is 3.14. The summed E-state index contributed by atoms with van der Waals surface area (Å²) in [5.74, 6) is -0.425. The molecule has 0 fully saturated rings. The van der Waals surface area contributed by atoms with Gasteiger partial charge in [-0.25, -0.2) is 0 Å². The zero-order chi connectivity index (χ0) is 13.4. The second kappa shape index (κ2) is 4.24. The Bertz CT molecular complexity index is 664. The number of benzene rings is 2. The summed E-state index contributed by atoms with van der Waals surface area (Å²) in [4.78, 5) is 23.8. The minimum atomic E-state index is -0.212. The van der Waals surface area contributed by atoms with Gasteiger partial charge in [0.15, 0.2) is 0 Å². The van der Waals surface area contributed by atoms with Crippen LogP contribution in [0.25, 0.3) is 11.2 Å². The van der Waals surface area contributed by atoms with Gasteiger partial charge in [-0.2, -0.15) is 0 Å². The summed E-state index contributed by atoms with van der Waals surface area (Å²) >= 11 is 0. The number of fused-ring (bicyclic) bond motifs is 3. The minimum Gasteiger partial charge on any atom is -0.457 e. The van der Waals surface area contributed by atoms with Crippen LogP contribution in [0.4, 0.5) is 0 Å². The summed E-state index contributed by atoms with van der Waals surface area (Å²) in [6.07, 6.45) is 0. The van der Waals surface area contributed by atoms with Gasteiger partial charge in [0.1, 0.15) is 11.2 Å². The highest BCUT2D eigenvalue weighted by atomic mass is 16.3. The lowest BCUT2D eigenvalue weighted by molar-refractivity contribution is 0.0693. The molecule has 0 atom stereocenters. The number of rotatable bonds is 0. The second-order valence-electron chi connectivity index (χ2n) is 4.29. The first-order valence-corrected chi connectivity index (χ1v) is 5.86. The Balaban J connectivity index is 0.000000132. The van der Waals surface area contributed by atoms with Gasteiger partial charge in [-0.05, 0) is 36.4 Å². The summed E-state index contributed by atoms with van der Waals surface area (Å²) in [7, 11) is 1.49. The maximum Gasteiger partial charge on any atom is 0.261 e. The van der Waals surface area contributed by atoms with Crippen LogP contribution in [0.5, 0.6) is 0 Å². The molecule has 4 nitrogen and oxygen atoms in total. The Morgan fingerprint density at radius 2 is 1.21 bits per heavy atom. The van der Waals surface area contributed by atoms with Crippen LogP contribution in [0, 0.1) is 0 Å². The zero-order valence-electron chi connectivity index (χ0n) is 10.3. The molecule has 2 aromatic heterocycles. The third-order valence-electron chi connectivity index (χ3n) is 3.06. The smallest absolute Gasteiger partial charge is 0.261 e. The molecular weight excluding hydrogens is 242 g/mol. The van der Waals surface area contributed by atoms with E-state index in [4.69, 9.17) is 4.42 Å². The lowest BCUT2D eigenvalue weighted by Gasteiger charge is -2.02. The third kappa shape index (κ3) is 1.87. The van der Waals surface area contributed by atoms with Gasteiger partial charge in [0.05, 0.1) is 11.1 Å². The molecule has 1 aliphatic rings. The molecule has 0 N–H and O–H groups in total. The van der Waals surface area contributed by atoms with Crippen molar-refractivity contribution in [1.82, 2.24) is 4.90 Å². The molecular formula is C15H11NO3. The first kappa shape index (κ1) is 11.5. The molecule has 1 aliphatic heterocycles. The number of hydrogen-bond acceptors (Lipinski definition) is 3. The molecule has 2 amide bonds. The Morgan fingerprint density at radius 1 is 0.789 bits per heavy atom. The lowest BCUT2D eigenvalue weighted by atomic mass is 10.1. The van der Waals surface area contributed by atoms with Crippen molar-refractivity contribution in [3.63, 3.8) is 0 Å². The molecule has 1 aromatic carbocycles. The van der Waals surface area contributed by atoms with Crippen LogP contribution < -0.4 is 0 Å². The van der Waals surface area contributed by atoms with Crippen LogP contribution >= 0.6 is 0 Å². The zero-order valence-corrected chi connectivity index (χ0v) is 10.3. The Hall–Kier alpha value is -2.62. The standard InChI is InChI=1S/C9H7NO2.C6H4O/c1-10-8(11)6-4-2-3-5-7(6)9(10)12;1-2-6-4-3-5(1)7-6/h2-5H,1H3;1-4H. The SMILES string of the molecule is CN1C(=O)c2ccccc2C1=O.c1cc2ccc1o2. The van der Waals surface area contributed by atoms with Crippen LogP contribution in [-0.4, -0.2) is 23.8 Å². The van der Waals surface area contributed by atoms with Gasteiger partial charge in [0.2, 0.25) is 0 Å². The largest absolute Gasteiger partial charge is 0.457 e. The molecule has 3 aromatic rings. The number of hydrogen-bond donors (Lipinski definition) is 0. The minimum absolute atomic E-state index is 0.212. The van der Waals surface area contributed by atoms with Gasteiger partial charge in [0.25, 0.3) is 11.8 Å². The van der Waals surface area contributed by atoms with E-state index in [1.54, 1.807) is 24.3 Å². The molecule has 0 saturated heterocycles. The van der Waals surface area contributed by atoms with Crippen LogP contribution in [0.15, 0.2) is 52.9 Å². The number of amides is 2.